The van der Waals surface area contributed by atoms with E-state index in [0.717, 1.165) is 25.4 Å². The molecule has 0 saturated carbocycles. The van der Waals surface area contributed by atoms with Crippen molar-refractivity contribution in [2.45, 2.75) is 12.8 Å². The third kappa shape index (κ3) is 2.67. The van der Waals surface area contributed by atoms with E-state index >= 15 is 0 Å². The highest BCUT2D eigenvalue weighted by Gasteiger charge is 2.19. The molecule has 0 amide bonds. The maximum Gasteiger partial charge on any atom is 0.0507 e. The predicted molar refractivity (Wildman–Crippen MR) is 67.7 cm³/mol. The van der Waals surface area contributed by atoms with Gasteiger partial charge in [-0.15, -0.1) is 0 Å². The highest BCUT2D eigenvalue weighted by Crippen LogP contribution is 2.23. The van der Waals surface area contributed by atoms with Crippen LogP contribution in [0.25, 0.3) is 0 Å². The minimum Gasteiger partial charge on any atom is -0.399 e. The number of nitrogens with two attached hydrogens (primary N) is 1. The minimum absolute atomic E-state index is 0.663. The highest BCUT2D eigenvalue weighted by atomic mass is 16.5. The van der Waals surface area contributed by atoms with Crippen LogP contribution in [-0.4, -0.2) is 26.8 Å². The van der Waals surface area contributed by atoms with Gasteiger partial charge < -0.3 is 15.4 Å². The summed E-state index contributed by atoms with van der Waals surface area (Å²) in [5.74, 6) is 0.663. The minimum atomic E-state index is 0.663. The molecular formula is C13H20N2O. The Morgan fingerprint density at radius 1 is 1.38 bits per heavy atom. The molecule has 1 aliphatic heterocycles. The van der Waals surface area contributed by atoms with Crippen molar-refractivity contribution < 1.29 is 4.74 Å². The Bertz CT molecular complexity index is 321. The first-order chi connectivity index (χ1) is 7.79. The van der Waals surface area contributed by atoms with Crippen molar-refractivity contribution in [3.63, 3.8) is 0 Å². The molecule has 0 unspecified atom stereocenters. The first-order valence-corrected chi connectivity index (χ1v) is 5.89. The molecule has 1 atom stereocenters. The molecule has 3 nitrogen and oxygen atoms in total. The van der Waals surface area contributed by atoms with E-state index < -0.39 is 0 Å². The van der Waals surface area contributed by atoms with Crippen molar-refractivity contribution in [3.05, 3.63) is 24.3 Å². The molecule has 0 radical (unpaired) electrons. The van der Waals surface area contributed by atoms with E-state index in [9.17, 15) is 0 Å². The average molecular weight is 220 g/mol. The lowest BCUT2D eigenvalue weighted by molar-refractivity contribution is 0.143. The Hall–Kier alpha value is -1.22. The number of hydrogen-bond acceptors (Lipinski definition) is 3. The molecule has 2 N–H and O–H groups in total. The molecule has 1 fully saturated rings. The summed E-state index contributed by atoms with van der Waals surface area (Å²) in [5, 5.41) is 0. The number of ether oxygens (including phenoxy) is 1. The zero-order valence-corrected chi connectivity index (χ0v) is 9.86. The summed E-state index contributed by atoms with van der Waals surface area (Å²) in [5.41, 5.74) is 7.79. The molecule has 2 rings (SSSR count). The molecule has 16 heavy (non-hydrogen) atoms. The molecule has 1 aliphatic rings. The van der Waals surface area contributed by atoms with Crippen LogP contribution in [0, 0.1) is 5.92 Å². The Kier molecular flexibility index (Phi) is 3.67. The van der Waals surface area contributed by atoms with Crippen LogP contribution in [0.2, 0.25) is 0 Å². The molecule has 1 heterocycles. The fourth-order valence-electron chi connectivity index (χ4n) is 2.36. The quantitative estimate of drug-likeness (QED) is 0.793. The second-order valence-electron chi connectivity index (χ2n) is 4.50. The van der Waals surface area contributed by atoms with Gasteiger partial charge in [-0.3, -0.25) is 0 Å². The van der Waals surface area contributed by atoms with Crippen LogP contribution >= 0.6 is 0 Å². The highest BCUT2D eigenvalue weighted by molar-refractivity contribution is 5.53. The van der Waals surface area contributed by atoms with Crippen molar-refractivity contribution in [2.75, 3.05) is 37.4 Å². The zero-order chi connectivity index (χ0) is 11.4. The summed E-state index contributed by atoms with van der Waals surface area (Å²) < 4.78 is 5.24. The lowest BCUT2D eigenvalue weighted by Gasteiger charge is -2.34. The van der Waals surface area contributed by atoms with Gasteiger partial charge in [0.15, 0.2) is 0 Å². The largest absolute Gasteiger partial charge is 0.399 e. The first kappa shape index (κ1) is 11.3. The Balaban J connectivity index is 2.01. The van der Waals surface area contributed by atoms with Gasteiger partial charge in [0.05, 0.1) is 6.61 Å². The van der Waals surface area contributed by atoms with E-state index in [4.69, 9.17) is 10.5 Å². The van der Waals surface area contributed by atoms with Crippen LogP contribution in [0.5, 0.6) is 0 Å². The predicted octanol–water partition coefficient (Wildman–Crippen LogP) is 2.13. The smallest absolute Gasteiger partial charge is 0.0507 e. The number of hydrogen-bond donors (Lipinski definition) is 1. The summed E-state index contributed by atoms with van der Waals surface area (Å²) in [6, 6.07) is 8.14. The molecule has 0 bridgehead atoms. The number of benzene rings is 1. The molecule has 0 spiro atoms. The number of methoxy groups -OCH3 is 1. The summed E-state index contributed by atoms with van der Waals surface area (Å²) in [6.45, 7) is 3.10. The van der Waals surface area contributed by atoms with Gasteiger partial charge in [-0.2, -0.15) is 0 Å². The van der Waals surface area contributed by atoms with E-state index in [1.54, 1.807) is 7.11 Å². The second kappa shape index (κ2) is 5.21. The third-order valence-electron chi connectivity index (χ3n) is 3.18. The SMILES string of the molecule is COC[C@H]1CCCN(c2ccc(N)cc2)C1. The maximum atomic E-state index is 5.69. The number of nitrogen functional groups attached to an aromatic ring is 1. The van der Waals surface area contributed by atoms with Gasteiger partial charge in [0.25, 0.3) is 0 Å². The van der Waals surface area contributed by atoms with Crippen LogP contribution in [0.3, 0.4) is 0 Å². The van der Waals surface area contributed by atoms with Gasteiger partial charge in [0.1, 0.15) is 0 Å². The van der Waals surface area contributed by atoms with Crippen LogP contribution in [0.4, 0.5) is 11.4 Å². The summed E-state index contributed by atoms with van der Waals surface area (Å²) in [4.78, 5) is 2.42. The number of rotatable bonds is 3. The van der Waals surface area contributed by atoms with Gasteiger partial charge >= 0.3 is 0 Å². The van der Waals surface area contributed by atoms with E-state index in [0.29, 0.717) is 5.92 Å². The molecule has 0 aliphatic carbocycles. The topological polar surface area (TPSA) is 38.5 Å². The van der Waals surface area contributed by atoms with E-state index in [-0.39, 0.29) is 0 Å². The van der Waals surface area contributed by atoms with Crippen LogP contribution < -0.4 is 10.6 Å². The van der Waals surface area contributed by atoms with E-state index in [1.807, 2.05) is 12.1 Å². The van der Waals surface area contributed by atoms with Crippen LogP contribution in [-0.2, 0) is 4.74 Å². The summed E-state index contributed by atoms with van der Waals surface area (Å²) >= 11 is 0. The average Bonchev–Trinajstić information content (AvgIpc) is 2.31. The standard InChI is InChI=1S/C13H20N2O/c1-16-10-11-3-2-8-15(9-11)13-6-4-12(14)5-7-13/h4-7,11H,2-3,8-10,14H2,1H3/t11-/m0/s1. The lowest BCUT2D eigenvalue weighted by Crippen LogP contribution is -2.37. The Morgan fingerprint density at radius 3 is 2.81 bits per heavy atom. The number of anilines is 2. The fraction of sp³-hybridized carbons (Fsp3) is 0.538. The monoisotopic (exact) mass is 220 g/mol. The molecular weight excluding hydrogens is 200 g/mol. The van der Waals surface area contributed by atoms with Gasteiger partial charge in [0, 0.05) is 31.6 Å². The van der Waals surface area contributed by atoms with Crippen molar-refractivity contribution in [1.29, 1.82) is 0 Å². The normalized spacial score (nSPS) is 21.1. The molecule has 1 saturated heterocycles. The van der Waals surface area contributed by atoms with Gasteiger partial charge in [-0.1, -0.05) is 0 Å². The number of nitrogens with zero attached hydrogens (tertiary/aromatic N) is 1. The third-order valence-corrected chi connectivity index (χ3v) is 3.18. The van der Waals surface area contributed by atoms with Gasteiger partial charge in [-0.25, -0.2) is 0 Å². The van der Waals surface area contributed by atoms with Crippen molar-refractivity contribution in [3.8, 4) is 0 Å². The Labute approximate surface area is 97.2 Å². The maximum absolute atomic E-state index is 5.69. The van der Waals surface area contributed by atoms with Crippen LogP contribution in [0.15, 0.2) is 24.3 Å². The second-order valence-corrected chi connectivity index (χ2v) is 4.50. The van der Waals surface area contributed by atoms with Crippen LogP contribution in [0.1, 0.15) is 12.8 Å². The molecule has 3 heteroatoms. The number of piperidine rings is 1. The molecule has 0 aromatic heterocycles. The van der Waals surface area contributed by atoms with E-state index in [1.165, 1.54) is 18.5 Å². The Morgan fingerprint density at radius 2 is 2.12 bits per heavy atom. The summed E-state index contributed by atoms with van der Waals surface area (Å²) in [6.07, 6.45) is 2.53. The molecule has 1 aromatic rings. The fourth-order valence-corrected chi connectivity index (χ4v) is 2.36. The van der Waals surface area contributed by atoms with E-state index in [2.05, 4.69) is 17.0 Å². The molecule has 88 valence electrons. The zero-order valence-electron chi connectivity index (χ0n) is 9.86. The van der Waals surface area contributed by atoms with Gasteiger partial charge in [0.2, 0.25) is 0 Å². The van der Waals surface area contributed by atoms with Gasteiger partial charge in [-0.05, 0) is 43.0 Å². The summed E-state index contributed by atoms with van der Waals surface area (Å²) in [7, 11) is 1.78. The van der Waals surface area contributed by atoms with Crippen molar-refractivity contribution >= 4 is 11.4 Å². The van der Waals surface area contributed by atoms with Crippen molar-refractivity contribution in [1.82, 2.24) is 0 Å². The van der Waals surface area contributed by atoms with Crippen molar-refractivity contribution in [2.24, 2.45) is 5.92 Å². The molecule has 1 aromatic carbocycles. The lowest BCUT2D eigenvalue weighted by atomic mass is 9.98. The first-order valence-electron chi connectivity index (χ1n) is 5.89.